The fraction of sp³-hybridized carbons (Fsp3) is 0.636. The van der Waals surface area contributed by atoms with Gasteiger partial charge >= 0.3 is 12.1 Å². The van der Waals surface area contributed by atoms with Crippen molar-refractivity contribution in [2.45, 2.75) is 63.2 Å². The Morgan fingerprint density at radius 3 is 2.44 bits per heavy atom. The Balaban J connectivity index is 0.00000363. The number of hydrogen-bond donors (Lipinski definition) is 2. The number of hydrogen-bond acceptors (Lipinski definition) is 4. The number of likely N-dealkylation sites (tertiary alicyclic amines) is 1. The summed E-state index contributed by atoms with van der Waals surface area (Å²) >= 11 is 0. The number of carboxylic acid groups (broad SMARTS) is 1. The molecule has 0 radical (unpaired) electrons. The molecular weight excluding hydrogens is 447 g/mol. The first-order valence-electron chi connectivity index (χ1n) is 10.8. The second-order valence-electron chi connectivity index (χ2n) is 8.46. The molecule has 2 fully saturated rings. The monoisotopic (exact) mass is 477 g/mol. The van der Waals surface area contributed by atoms with Crippen molar-refractivity contribution < 1.29 is 27.9 Å². The summed E-state index contributed by atoms with van der Waals surface area (Å²) in [5.41, 5.74) is -0.496. The van der Waals surface area contributed by atoms with Crippen molar-refractivity contribution in [3.63, 3.8) is 0 Å². The maximum absolute atomic E-state index is 13.1. The zero-order chi connectivity index (χ0) is 22.6. The Morgan fingerprint density at radius 1 is 1.16 bits per heavy atom. The number of anilines is 1. The van der Waals surface area contributed by atoms with Crippen LogP contribution in [0.1, 0.15) is 49.7 Å². The smallest absolute Gasteiger partial charge is 0.416 e. The number of rotatable bonds is 7. The number of benzene rings is 1. The van der Waals surface area contributed by atoms with Gasteiger partial charge < -0.3 is 15.3 Å². The molecule has 1 aliphatic carbocycles. The molecule has 1 aromatic rings. The summed E-state index contributed by atoms with van der Waals surface area (Å²) in [5.74, 6) is -1.36. The molecular formula is C22H31ClF3N3O3. The van der Waals surface area contributed by atoms with Crippen molar-refractivity contribution in [2.24, 2.45) is 0 Å². The van der Waals surface area contributed by atoms with Crippen LogP contribution in [0.25, 0.3) is 0 Å². The van der Waals surface area contributed by atoms with Gasteiger partial charge in [-0.25, -0.2) is 0 Å². The second-order valence-corrected chi connectivity index (χ2v) is 8.46. The van der Waals surface area contributed by atoms with E-state index in [9.17, 15) is 22.8 Å². The third kappa shape index (κ3) is 6.51. The quantitative estimate of drug-likeness (QED) is 0.620. The normalized spacial score (nSPS) is 21.6. The van der Waals surface area contributed by atoms with Gasteiger partial charge in [0.1, 0.15) is 6.54 Å². The van der Waals surface area contributed by atoms with E-state index >= 15 is 0 Å². The molecule has 1 saturated heterocycles. The summed E-state index contributed by atoms with van der Waals surface area (Å²) in [6.07, 6.45) is 1.87. The molecule has 1 aromatic carbocycles. The van der Waals surface area contributed by atoms with E-state index in [0.29, 0.717) is 11.6 Å². The highest BCUT2D eigenvalue weighted by atomic mass is 35.5. The molecule has 2 N–H and O–H groups in total. The van der Waals surface area contributed by atoms with Crippen LogP contribution in [0.3, 0.4) is 0 Å². The molecule has 180 valence electrons. The minimum Gasteiger partial charge on any atom is -0.480 e. The van der Waals surface area contributed by atoms with Gasteiger partial charge in [-0.15, -0.1) is 12.4 Å². The topological polar surface area (TPSA) is 72.9 Å². The highest BCUT2D eigenvalue weighted by molar-refractivity contribution is 5.85. The number of likely N-dealkylation sites (N-methyl/N-ethyl adjacent to an activating group) is 1. The van der Waals surface area contributed by atoms with Crippen molar-refractivity contribution in [1.82, 2.24) is 9.80 Å². The molecule has 1 saturated carbocycles. The lowest BCUT2D eigenvalue weighted by Crippen LogP contribution is -2.53. The van der Waals surface area contributed by atoms with Crippen LogP contribution in [0.5, 0.6) is 0 Å². The van der Waals surface area contributed by atoms with Crippen molar-refractivity contribution >= 4 is 30.0 Å². The largest absolute Gasteiger partial charge is 0.480 e. The van der Waals surface area contributed by atoms with Crippen molar-refractivity contribution in [3.05, 3.63) is 29.3 Å². The maximum atomic E-state index is 13.1. The average molecular weight is 478 g/mol. The number of carbonyl (C=O) groups is 2. The van der Waals surface area contributed by atoms with Crippen LogP contribution >= 0.6 is 12.4 Å². The Labute approximate surface area is 192 Å². The fourth-order valence-corrected chi connectivity index (χ4v) is 4.76. The van der Waals surface area contributed by atoms with Gasteiger partial charge in [0.2, 0.25) is 5.91 Å². The first-order chi connectivity index (χ1) is 14.7. The van der Waals surface area contributed by atoms with E-state index in [0.717, 1.165) is 50.9 Å². The molecule has 0 spiro atoms. The summed E-state index contributed by atoms with van der Waals surface area (Å²) in [7, 11) is 1.77. The lowest BCUT2D eigenvalue weighted by Gasteiger charge is -2.42. The molecule has 3 rings (SSSR count). The predicted octanol–water partition coefficient (Wildman–Crippen LogP) is 4.03. The molecule has 1 amide bonds. The van der Waals surface area contributed by atoms with Gasteiger partial charge in [-0.2, -0.15) is 13.2 Å². The Kier molecular flexibility index (Phi) is 9.21. The first kappa shape index (κ1) is 26.3. The number of aliphatic carboxylic acids is 1. The summed E-state index contributed by atoms with van der Waals surface area (Å²) in [4.78, 5) is 28.2. The lowest BCUT2D eigenvalue weighted by molar-refractivity contribution is -0.137. The molecule has 0 bridgehead atoms. The van der Waals surface area contributed by atoms with Gasteiger partial charge in [0, 0.05) is 24.8 Å². The number of nitrogens with one attached hydrogen (secondary N) is 1. The summed E-state index contributed by atoms with van der Waals surface area (Å²) in [6.45, 7) is 1.56. The van der Waals surface area contributed by atoms with Crippen molar-refractivity contribution in [1.29, 1.82) is 0 Å². The molecule has 2 aliphatic rings. The van der Waals surface area contributed by atoms with E-state index < -0.39 is 24.3 Å². The molecule has 6 nitrogen and oxygen atoms in total. The molecule has 10 heteroatoms. The van der Waals surface area contributed by atoms with Gasteiger partial charge in [-0.05, 0) is 56.5 Å². The van der Waals surface area contributed by atoms with Crippen molar-refractivity contribution in [3.8, 4) is 0 Å². The molecule has 1 aliphatic heterocycles. The zero-order valence-electron chi connectivity index (χ0n) is 18.2. The number of amides is 1. The SMILES string of the molecule is CN(C(=O)Cc1ccc(C(F)(F)F)cc1NCC(=O)O)[C@H]1CCCC[C@@H]1N1CCCC1.Cl. The van der Waals surface area contributed by atoms with E-state index in [1.54, 1.807) is 11.9 Å². The maximum Gasteiger partial charge on any atom is 0.416 e. The highest BCUT2D eigenvalue weighted by Gasteiger charge is 2.36. The average Bonchev–Trinajstić information content (AvgIpc) is 3.26. The van der Waals surface area contributed by atoms with E-state index in [2.05, 4.69) is 10.2 Å². The zero-order valence-corrected chi connectivity index (χ0v) is 19.0. The number of carboxylic acids is 1. The number of carbonyl (C=O) groups excluding carboxylic acids is 1. The second kappa shape index (κ2) is 11.2. The van der Waals surface area contributed by atoms with Gasteiger partial charge in [0.25, 0.3) is 0 Å². The fourth-order valence-electron chi connectivity index (χ4n) is 4.76. The van der Waals surface area contributed by atoms with E-state index in [1.807, 2.05) is 0 Å². The molecule has 0 aromatic heterocycles. The minimum absolute atomic E-state index is 0. The van der Waals surface area contributed by atoms with Crippen LogP contribution in [-0.2, 0) is 22.2 Å². The molecule has 2 atom stereocenters. The Hall–Kier alpha value is -2.00. The Bertz CT molecular complexity index is 800. The number of alkyl halides is 3. The molecule has 32 heavy (non-hydrogen) atoms. The minimum atomic E-state index is -4.55. The Morgan fingerprint density at radius 2 is 1.81 bits per heavy atom. The predicted molar refractivity (Wildman–Crippen MR) is 118 cm³/mol. The summed E-state index contributed by atoms with van der Waals surface area (Å²) in [5, 5.41) is 11.4. The van der Waals surface area contributed by atoms with E-state index in [-0.39, 0.29) is 36.5 Å². The van der Waals surface area contributed by atoms with Crippen LogP contribution in [0.15, 0.2) is 18.2 Å². The van der Waals surface area contributed by atoms with Gasteiger partial charge in [0.15, 0.2) is 0 Å². The molecule has 0 unspecified atom stereocenters. The lowest BCUT2D eigenvalue weighted by atomic mass is 9.88. The summed E-state index contributed by atoms with van der Waals surface area (Å²) < 4.78 is 39.3. The molecule has 1 heterocycles. The van der Waals surface area contributed by atoms with Crippen LogP contribution in [0.2, 0.25) is 0 Å². The van der Waals surface area contributed by atoms with Crippen LogP contribution in [0, 0.1) is 0 Å². The first-order valence-corrected chi connectivity index (χ1v) is 10.8. The highest BCUT2D eigenvalue weighted by Crippen LogP contribution is 2.33. The third-order valence-corrected chi connectivity index (χ3v) is 6.40. The van der Waals surface area contributed by atoms with Gasteiger partial charge in [-0.3, -0.25) is 14.5 Å². The number of nitrogens with zero attached hydrogens (tertiary/aromatic N) is 2. The summed E-state index contributed by atoms with van der Waals surface area (Å²) in [6, 6.07) is 3.48. The number of halogens is 4. The van der Waals surface area contributed by atoms with Crippen LogP contribution < -0.4 is 5.32 Å². The van der Waals surface area contributed by atoms with Crippen molar-refractivity contribution in [2.75, 3.05) is 32.0 Å². The van der Waals surface area contributed by atoms with Crippen LogP contribution in [-0.4, -0.2) is 65.5 Å². The third-order valence-electron chi connectivity index (χ3n) is 6.40. The van der Waals surface area contributed by atoms with E-state index in [1.165, 1.54) is 18.9 Å². The van der Waals surface area contributed by atoms with Gasteiger partial charge in [-0.1, -0.05) is 18.9 Å². The van der Waals surface area contributed by atoms with Gasteiger partial charge in [0.05, 0.1) is 12.0 Å². The standard InChI is InChI=1S/C22H30F3N3O3.ClH/c1-27(18-6-2-3-7-19(18)28-10-4-5-11-28)20(29)12-15-8-9-16(22(23,24)25)13-17(15)26-14-21(30)31;/h8-9,13,18-19,26H,2-7,10-12,14H2,1H3,(H,30,31);1H/t18-,19-;/m0./s1. The van der Waals surface area contributed by atoms with Crippen LogP contribution in [0.4, 0.5) is 18.9 Å². The van der Waals surface area contributed by atoms with E-state index in [4.69, 9.17) is 5.11 Å².